The van der Waals surface area contributed by atoms with Crippen LogP contribution in [-0.2, 0) is 0 Å². The van der Waals surface area contributed by atoms with Crippen LogP contribution in [0.3, 0.4) is 0 Å². The van der Waals surface area contributed by atoms with Crippen LogP contribution >= 0.6 is 0 Å². The molecule has 2 aromatic heterocycles. The van der Waals surface area contributed by atoms with E-state index in [0.29, 0.717) is 5.56 Å². The molecule has 6 aromatic carbocycles. The number of hydrogen-bond acceptors (Lipinski definition) is 1. The Morgan fingerprint density at radius 1 is 0.450 bits per heavy atom. The van der Waals surface area contributed by atoms with E-state index in [2.05, 4.69) is 137 Å². The summed E-state index contributed by atoms with van der Waals surface area (Å²) >= 11 is 0. The normalized spacial score (nSPS) is 11.5. The fraction of sp³-hybridized carbons (Fsp3) is 0. The van der Waals surface area contributed by atoms with Gasteiger partial charge >= 0.3 is 0 Å². The van der Waals surface area contributed by atoms with Gasteiger partial charge in [0, 0.05) is 32.9 Å². The van der Waals surface area contributed by atoms with Gasteiger partial charge in [-0.3, -0.25) is 0 Å². The summed E-state index contributed by atoms with van der Waals surface area (Å²) < 4.78 is 4.62. The van der Waals surface area contributed by atoms with Gasteiger partial charge in [-0.05, 0) is 71.8 Å². The van der Waals surface area contributed by atoms with Crippen LogP contribution in [-0.4, -0.2) is 9.13 Å². The lowest BCUT2D eigenvalue weighted by Gasteiger charge is -2.10. The molecule has 186 valence electrons. The molecule has 8 aromatic rings. The van der Waals surface area contributed by atoms with Crippen molar-refractivity contribution in [2.45, 2.75) is 0 Å². The number of fused-ring (bicyclic) bond motifs is 6. The smallest absolute Gasteiger partial charge is 0.0992 e. The van der Waals surface area contributed by atoms with E-state index in [9.17, 15) is 5.26 Å². The predicted molar refractivity (Wildman–Crippen MR) is 165 cm³/mol. The second-order valence-electron chi connectivity index (χ2n) is 10.1. The highest BCUT2D eigenvalue weighted by Gasteiger charge is 2.18. The van der Waals surface area contributed by atoms with Crippen LogP contribution < -0.4 is 0 Å². The van der Waals surface area contributed by atoms with Crippen molar-refractivity contribution in [1.29, 1.82) is 5.26 Å². The van der Waals surface area contributed by atoms with Gasteiger partial charge in [0.1, 0.15) is 0 Å². The van der Waals surface area contributed by atoms with E-state index in [-0.39, 0.29) is 0 Å². The van der Waals surface area contributed by atoms with Crippen molar-refractivity contribution in [3.8, 4) is 28.6 Å². The van der Waals surface area contributed by atoms with E-state index in [1.165, 1.54) is 43.7 Å². The predicted octanol–water partition coefficient (Wildman–Crippen LogP) is 9.42. The second kappa shape index (κ2) is 8.73. The monoisotopic (exact) mass is 509 g/mol. The summed E-state index contributed by atoms with van der Waals surface area (Å²) in [5.74, 6) is 0. The average Bonchev–Trinajstić information content (AvgIpc) is 3.54. The Bertz CT molecular complexity index is 2280. The minimum absolute atomic E-state index is 0.653. The molecule has 0 unspecified atom stereocenters. The van der Waals surface area contributed by atoms with Gasteiger partial charge in [-0.15, -0.1) is 0 Å². The molecular weight excluding hydrogens is 486 g/mol. The fourth-order valence-corrected chi connectivity index (χ4v) is 6.25. The Kier molecular flexibility index (Phi) is 4.89. The third-order valence-corrected chi connectivity index (χ3v) is 7.93. The average molecular weight is 510 g/mol. The molecule has 3 heteroatoms. The number of benzene rings is 6. The van der Waals surface area contributed by atoms with Gasteiger partial charge in [0.2, 0.25) is 0 Å². The summed E-state index contributed by atoms with van der Waals surface area (Å²) in [7, 11) is 0. The van der Waals surface area contributed by atoms with Gasteiger partial charge in [0.05, 0.1) is 33.7 Å². The number of nitriles is 1. The summed E-state index contributed by atoms with van der Waals surface area (Å²) in [6.45, 7) is 0. The molecule has 0 bridgehead atoms. The molecular formula is C37H23N3. The molecule has 0 aliphatic carbocycles. The van der Waals surface area contributed by atoms with E-state index >= 15 is 0 Å². The van der Waals surface area contributed by atoms with Crippen LogP contribution in [0.2, 0.25) is 0 Å². The maximum absolute atomic E-state index is 9.55. The lowest BCUT2D eigenvalue weighted by atomic mass is 9.98. The molecule has 0 saturated heterocycles. The van der Waals surface area contributed by atoms with E-state index in [1.54, 1.807) is 0 Å². The van der Waals surface area contributed by atoms with Crippen molar-refractivity contribution in [2.75, 3.05) is 0 Å². The lowest BCUT2D eigenvalue weighted by molar-refractivity contribution is 1.18. The Morgan fingerprint density at radius 3 is 1.90 bits per heavy atom. The summed E-state index contributed by atoms with van der Waals surface area (Å²) in [6, 6.07) is 51.3. The van der Waals surface area contributed by atoms with Crippen LogP contribution in [0, 0.1) is 11.3 Å². The number of hydrogen-bond donors (Lipinski definition) is 0. The Balaban J connectivity index is 1.43. The highest BCUT2D eigenvalue weighted by atomic mass is 15.0. The molecule has 8 rings (SSSR count). The molecule has 40 heavy (non-hydrogen) atoms. The van der Waals surface area contributed by atoms with Crippen molar-refractivity contribution in [3.63, 3.8) is 0 Å². The van der Waals surface area contributed by atoms with Crippen molar-refractivity contribution in [3.05, 3.63) is 145 Å². The van der Waals surface area contributed by atoms with Gasteiger partial charge in [-0.2, -0.15) is 5.26 Å². The third kappa shape index (κ3) is 3.24. The van der Waals surface area contributed by atoms with Gasteiger partial charge in [0.25, 0.3) is 0 Å². The summed E-state index contributed by atoms with van der Waals surface area (Å²) in [5, 5.41) is 14.4. The first-order valence-electron chi connectivity index (χ1n) is 13.4. The fourth-order valence-electron chi connectivity index (χ4n) is 6.25. The first-order chi connectivity index (χ1) is 19.8. The van der Waals surface area contributed by atoms with E-state index < -0.39 is 0 Å². The van der Waals surface area contributed by atoms with E-state index in [4.69, 9.17) is 0 Å². The number of para-hydroxylation sites is 3. The molecule has 0 radical (unpaired) electrons. The van der Waals surface area contributed by atoms with E-state index in [0.717, 1.165) is 22.4 Å². The summed E-state index contributed by atoms with van der Waals surface area (Å²) in [6.07, 6.45) is 0. The highest BCUT2D eigenvalue weighted by Crippen LogP contribution is 2.41. The van der Waals surface area contributed by atoms with Crippen molar-refractivity contribution in [2.24, 2.45) is 0 Å². The molecule has 0 fully saturated rings. The zero-order valence-corrected chi connectivity index (χ0v) is 21.6. The second-order valence-corrected chi connectivity index (χ2v) is 10.1. The molecule has 0 atom stereocenters. The van der Waals surface area contributed by atoms with Crippen LogP contribution in [0.4, 0.5) is 0 Å². The molecule has 0 aliphatic rings. The quantitative estimate of drug-likeness (QED) is 0.233. The van der Waals surface area contributed by atoms with Crippen LogP contribution in [0.25, 0.3) is 66.1 Å². The Morgan fingerprint density at radius 2 is 1.07 bits per heavy atom. The van der Waals surface area contributed by atoms with Crippen LogP contribution in [0.15, 0.2) is 140 Å². The zero-order chi connectivity index (χ0) is 26.6. The summed E-state index contributed by atoms with van der Waals surface area (Å²) in [5.41, 5.74) is 9.83. The van der Waals surface area contributed by atoms with Gasteiger partial charge < -0.3 is 9.13 Å². The first-order valence-corrected chi connectivity index (χ1v) is 13.4. The van der Waals surface area contributed by atoms with Gasteiger partial charge in [0.15, 0.2) is 0 Å². The van der Waals surface area contributed by atoms with Gasteiger partial charge in [-0.1, -0.05) is 78.9 Å². The standard InChI is InChI=1S/C37H23N3/c38-24-25-10-8-13-28(22-25)40-34-18-7-5-15-31(34)37-29(16-9-19-36(37)40)26-20-21-35-32(23-26)30-14-4-6-17-33(30)39(35)27-11-2-1-3-12-27/h1-23H. The largest absolute Gasteiger partial charge is 0.309 e. The SMILES string of the molecule is N#Cc1cccc(-n2c3ccccc3c3c(-c4ccc5c(c4)c4ccccc4n5-c4ccccc4)cccc32)c1. The van der Waals surface area contributed by atoms with Crippen molar-refractivity contribution >= 4 is 43.6 Å². The maximum Gasteiger partial charge on any atom is 0.0992 e. The van der Waals surface area contributed by atoms with Crippen LogP contribution in [0.1, 0.15) is 5.56 Å². The minimum atomic E-state index is 0.653. The van der Waals surface area contributed by atoms with Gasteiger partial charge in [-0.25, -0.2) is 0 Å². The minimum Gasteiger partial charge on any atom is -0.309 e. The Hall–Kier alpha value is -5.59. The maximum atomic E-state index is 9.55. The molecule has 0 N–H and O–H groups in total. The van der Waals surface area contributed by atoms with Crippen LogP contribution in [0.5, 0.6) is 0 Å². The Labute approximate surface area is 231 Å². The molecule has 0 spiro atoms. The van der Waals surface area contributed by atoms with Crippen molar-refractivity contribution < 1.29 is 0 Å². The van der Waals surface area contributed by atoms with Crippen molar-refractivity contribution in [1.82, 2.24) is 9.13 Å². The third-order valence-electron chi connectivity index (χ3n) is 7.93. The first kappa shape index (κ1) is 22.4. The molecule has 0 saturated carbocycles. The number of nitrogens with zero attached hydrogens (tertiary/aromatic N) is 3. The highest BCUT2D eigenvalue weighted by molar-refractivity contribution is 6.17. The molecule has 0 amide bonds. The number of aromatic nitrogens is 2. The zero-order valence-electron chi connectivity index (χ0n) is 21.6. The molecule has 2 heterocycles. The molecule has 3 nitrogen and oxygen atoms in total. The van der Waals surface area contributed by atoms with E-state index in [1.807, 2.05) is 18.2 Å². The number of rotatable bonds is 3. The summed E-state index contributed by atoms with van der Waals surface area (Å²) in [4.78, 5) is 0. The topological polar surface area (TPSA) is 33.6 Å². The lowest BCUT2D eigenvalue weighted by Crippen LogP contribution is -1.94. The molecule has 0 aliphatic heterocycles.